The van der Waals surface area contributed by atoms with Crippen LogP contribution in [-0.2, 0) is 9.53 Å². The maximum atomic E-state index is 11.7. The van der Waals surface area contributed by atoms with Gasteiger partial charge in [-0.25, -0.2) is 5.43 Å². The van der Waals surface area contributed by atoms with Crippen LogP contribution in [0.15, 0.2) is 23.3 Å². The van der Waals surface area contributed by atoms with E-state index in [9.17, 15) is 19.8 Å². The van der Waals surface area contributed by atoms with E-state index in [2.05, 4.69) is 10.5 Å². The van der Waals surface area contributed by atoms with Crippen molar-refractivity contribution in [2.24, 2.45) is 16.9 Å². The minimum absolute atomic E-state index is 0.0397. The number of para-hydroxylation sites is 1. The average molecular weight is 292 g/mol. The summed E-state index contributed by atoms with van der Waals surface area (Å²) in [6, 6.07) is 4.06. The fourth-order valence-electron chi connectivity index (χ4n) is 1.87. The molecule has 2 unspecified atom stereocenters. The Morgan fingerprint density at radius 2 is 2.24 bits per heavy atom. The Morgan fingerprint density at radius 3 is 2.95 bits per heavy atom. The van der Waals surface area contributed by atoms with Gasteiger partial charge in [-0.3, -0.25) is 9.59 Å². The van der Waals surface area contributed by atoms with E-state index in [1.165, 1.54) is 24.4 Å². The summed E-state index contributed by atoms with van der Waals surface area (Å²) in [7, 11) is 0. The number of esters is 1. The zero-order valence-corrected chi connectivity index (χ0v) is 11.4. The van der Waals surface area contributed by atoms with Gasteiger partial charge in [-0.05, 0) is 25.5 Å². The molecule has 0 bridgehead atoms. The molecule has 1 aromatic carbocycles. The molecule has 21 heavy (non-hydrogen) atoms. The second-order valence-electron chi connectivity index (χ2n) is 4.65. The number of carbonyl (C=O) groups excluding carboxylic acids is 2. The molecular formula is C14H16N2O5. The van der Waals surface area contributed by atoms with Gasteiger partial charge in [0.2, 0.25) is 0 Å². The number of amides is 1. The number of nitrogens with one attached hydrogen (secondary N) is 1. The van der Waals surface area contributed by atoms with Crippen molar-refractivity contribution in [3.63, 3.8) is 0 Å². The smallest absolute Gasteiger partial charge is 0.309 e. The predicted molar refractivity (Wildman–Crippen MR) is 74.0 cm³/mol. The van der Waals surface area contributed by atoms with Gasteiger partial charge in [0.15, 0.2) is 11.5 Å². The van der Waals surface area contributed by atoms with E-state index < -0.39 is 11.7 Å². The van der Waals surface area contributed by atoms with E-state index in [1.54, 1.807) is 6.92 Å². The highest BCUT2D eigenvalue weighted by atomic mass is 16.5. The lowest BCUT2D eigenvalue weighted by atomic mass is 10.2. The second-order valence-corrected chi connectivity index (χ2v) is 4.65. The molecule has 112 valence electrons. The number of benzene rings is 1. The van der Waals surface area contributed by atoms with E-state index in [4.69, 9.17) is 4.74 Å². The Balaban J connectivity index is 1.87. The van der Waals surface area contributed by atoms with Gasteiger partial charge in [0.1, 0.15) is 0 Å². The third-order valence-electron chi connectivity index (χ3n) is 3.12. The number of aromatic hydroxyl groups is 2. The van der Waals surface area contributed by atoms with Gasteiger partial charge in [0, 0.05) is 12.1 Å². The summed E-state index contributed by atoms with van der Waals surface area (Å²) in [4.78, 5) is 23.1. The lowest BCUT2D eigenvalue weighted by molar-refractivity contribution is -0.144. The first-order chi connectivity index (χ1) is 10.0. The summed E-state index contributed by atoms with van der Waals surface area (Å²) in [5, 5.41) is 22.6. The molecule has 0 radical (unpaired) electrons. The molecule has 1 fully saturated rings. The highest BCUT2D eigenvalue weighted by Gasteiger charge is 2.43. The SMILES string of the molecule is CCOC(=O)C1CC1C=NNC(=O)c1cccc(O)c1O. The molecule has 3 N–H and O–H groups in total. The summed E-state index contributed by atoms with van der Waals surface area (Å²) in [5.74, 6) is -2.02. The van der Waals surface area contributed by atoms with Gasteiger partial charge in [0.25, 0.3) is 5.91 Å². The van der Waals surface area contributed by atoms with E-state index in [1.807, 2.05) is 0 Å². The number of carbonyl (C=O) groups is 2. The second kappa shape index (κ2) is 6.25. The topological polar surface area (TPSA) is 108 Å². The van der Waals surface area contributed by atoms with Gasteiger partial charge in [-0.15, -0.1) is 0 Å². The minimum atomic E-state index is -0.645. The van der Waals surface area contributed by atoms with Crippen LogP contribution in [0.1, 0.15) is 23.7 Å². The number of rotatable bonds is 5. The molecule has 0 aliphatic heterocycles. The van der Waals surface area contributed by atoms with Gasteiger partial charge in [0.05, 0.1) is 18.1 Å². The van der Waals surface area contributed by atoms with Crippen molar-refractivity contribution in [3.05, 3.63) is 23.8 Å². The highest BCUT2D eigenvalue weighted by Crippen LogP contribution is 2.37. The van der Waals surface area contributed by atoms with Gasteiger partial charge in [-0.2, -0.15) is 5.10 Å². The maximum Gasteiger partial charge on any atom is 0.309 e. The van der Waals surface area contributed by atoms with E-state index in [0.717, 1.165) is 0 Å². The number of ether oxygens (including phenoxy) is 1. The average Bonchev–Trinajstić information content (AvgIpc) is 3.21. The lowest BCUT2D eigenvalue weighted by Crippen LogP contribution is -2.18. The van der Waals surface area contributed by atoms with Crippen LogP contribution < -0.4 is 5.43 Å². The maximum absolute atomic E-state index is 11.7. The van der Waals surface area contributed by atoms with Crippen molar-refractivity contribution in [1.82, 2.24) is 5.43 Å². The fourth-order valence-corrected chi connectivity index (χ4v) is 1.87. The number of hydrogen-bond donors (Lipinski definition) is 3. The Labute approximate surface area is 121 Å². The zero-order chi connectivity index (χ0) is 15.4. The number of phenols is 2. The van der Waals surface area contributed by atoms with Crippen molar-refractivity contribution >= 4 is 18.1 Å². The van der Waals surface area contributed by atoms with Crippen LogP contribution in [0.2, 0.25) is 0 Å². The zero-order valence-electron chi connectivity index (χ0n) is 11.4. The van der Waals surface area contributed by atoms with Crippen LogP contribution >= 0.6 is 0 Å². The first kappa shape index (κ1) is 14.8. The van der Waals surface area contributed by atoms with Gasteiger partial charge in [-0.1, -0.05) is 6.07 Å². The number of hydrogen-bond acceptors (Lipinski definition) is 6. The Morgan fingerprint density at radius 1 is 1.48 bits per heavy atom. The van der Waals surface area contributed by atoms with Crippen LogP contribution in [0, 0.1) is 11.8 Å². The molecule has 7 heteroatoms. The molecule has 0 spiro atoms. The lowest BCUT2D eigenvalue weighted by Gasteiger charge is -2.03. The minimum Gasteiger partial charge on any atom is -0.504 e. The van der Waals surface area contributed by atoms with Crippen molar-refractivity contribution in [2.45, 2.75) is 13.3 Å². The molecular weight excluding hydrogens is 276 g/mol. The molecule has 1 amide bonds. The largest absolute Gasteiger partial charge is 0.504 e. The predicted octanol–water partition coefficient (Wildman–Crippen LogP) is 1.01. The molecule has 0 aromatic heterocycles. The molecule has 0 heterocycles. The third-order valence-corrected chi connectivity index (χ3v) is 3.12. The monoisotopic (exact) mass is 292 g/mol. The molecule has 1 saturated carbocycles. The van der Waals surface area contributed by atoms with E-state index in [0.29, 0.717) is 13.0 Å². The van der Waals surface area contributed by atoms with Crippen LogP contribution in [0.4, 0.5) is 0 Å². The number of hydrazone groups is 1. The van der Waals surface area contributed by atoms with E-state index in [-0.39, 0.29) is 29.1 Å². The molecule has 1 aromatic rings. The molecule has 1 aliphatic rings. The molecule has 2 atom stereocenters. The molecule has 2 rings (SSSR count). The Hall–Kier alpha value is -2.57. The van der Waals surface area contributed by atoms with Crippen molar-refractivity contribution in [2.75, 3.05) is 6.61 Å². The standard InChI is InChI=1S/C14H16N2O5/c1-2-21-14(20)10-6-8(10)7-15-16-13(19)9-4-3-5-11(17)12(9)18/h3-5,7-8,10,17-18H,2,6H2,1H3,(H,16,19). The van der Waals surface area contributed by atoms with E-state index >= 15 is 0 Å². The normalized spacial score (nSPS) is 20.2. The first-order valence-electron chi connectivity index (χ1n) is 6.55. The summed E-state index contributed by atoms with van der Waals surface area (Å²) in [6.45, 7) is 2.08. The Bertz CT molecular complexity index is 585. The van der Waals surface area contributed by atoms with Crippen LogP contribution in [-0.4, -0.2) is 34.9 Å². The summed E-state index contributed by atoms with van der Waals surface area (Å²) < 4.78 is 4.87. The highest BCUT2D eigenvalue weighted by molar-refractivity contribution is 5.97. The summed E-state index contributed by atoms with van der Waals surface area (Å²) in [6.07, 6.45) is 2.12. The third kappa shape index (κ3) is 3.50. The quantitative estimate of drug-likeness (QED) is 0.325. The van der Waals surface area contributed by atoms with Crippen LogP contribution in [0.5, 0.6) is 11.5 Å². The van der Waals surface area contributed by atoms with Crippen LogP contribution in [0.3, 0.4) is 0 Å². The Kier molecular flexibility index (Phi) is 4.42. The van der Waals surface area contributed by atoms with Crippen LogP contribution in [0.25, 0.3) is 0 Å². The summed E-state index contributed by atoms with van der Waals surface area (Å²) in [5.41, 5.74) is 2.16. The first-order valence-corrected chi connectivity index (χ1v) is 6.55. The molecule has 0 saturated heterocycles. The van der Waals surface area contributed by atoms with Crippen molar-refractivity contribution < 1.29 is 24.5 Å². The van der Waals surface area contributed by atoms with Crippen molar-refractivity contribution in [3.8, 4) is 11.5 Å². The van der Waals surface area contributed by atoms with Gasteiger partial charge < -0.3 is 14.9 Å². The molecule has 1 aliphatic carbocycles. The molecule has 7 nitrogen and oxygen atoms in total. The van der Waals surface area contributed by atoms with Gasteiger partial charge >= 0.3 is 5.97 Å². The fraction of sp³-hybridized carbons (Fsp3) is 0.357. The number of nitrogens with zero attached hydrogens (tertiary/aromatic N) is 1. The van der Waals surface area contributed by atoms with Crippen molar-refractivity contribution in [1.29, 1.82) is 0 Å². The summed E-state index contributed by atoms with van der Waals surface area (Å²) >= 11 is 0. The number of phenolic OH excluding ortho intramolecular Hbond substituents is 2.